The van der Waals surface area contributed by atoms with Crippen molar-refractivity contribution in [3.8, 4) is 0 Å². The van der Waals surface area contributed by atoms with Crippen molar-refractivity contribution in [2.24, 2.45) is 4.99 Å². The molecule has 0 spiro atoms. The molecule has 0 amide bonds. The van der Waals surface area contributed by atoms with Crippen molar-refractivity contribution in [3.63, 3.8) is 0 Å². The first-order valence-electron chi connectivity index (χ1n) is 7.50. The molecule has 6 nitrogen and oxygen atoms in total. The van der Waals surface area contributed by atoms with Crippen LogP contribution in [0.5, 0.6) is 0 Å². The molecule has 2 aromatic rings. The van der Waals surface area contributed by atoms with Gasteiger partial charge in [-0.1, -0.05) is 29.8 Å². The predicted molar refractivity (Wildman–Crippen MR) is 99.3 cm³/mol. The fraction of sp³-hybridized carbons (Fsp3) is 0.188. The van der Waals surface area contributed by atoms with E-state index in [1.165, 1.54) is 11.6 Å². The van der Waals surface area contributed by atoms with Gasteiger partial charge in [0.05, 0.1) is 26.9 Å². The van der Waals surface area contributed by atoms with Crippen molar-refractivity contribution in [1.29, 1.82) is 0 Å². The maximum atomic E-state index is 12.5. The van der Waals surface area contributed by atoms with Crippen LogP contribution in [0.3, 0.4) is 0 Å². The van der Waals surface area contributed by atoms with Crippen LogP contribution in [0.25, 0.3) is 0 Å². The van der Waals surface area contributed by atoms with E-state index in [1.807, 2.05) is 12.1 Å². The number of nitrogens with zero attached hydrogens (tertiary/aromatic N) is 1. The SMILES string of the molecule is O=S1C=Nc2cccc(S(=O)(=O)NCCNCc3ccc(Cl)cc3)c21. The fourth-order valence-corrected chi connectivity index (χ4v) is 5.11. The molecule has 2 N–H and O–H groups in total. The number of hydrogen-bond donors (Lipinski definition) is 2. The van der Waals surface area contributed by atoms with Crippen LogP contribution in [0.4, 0.5) is 5.69 Å². The van der Waals surface area contributed by atoms with Crippen LogP contribution in [-0.4, -0.2) is 31.3 Å². The number of sulfonamides is 1. The molecular weight excluding hydrogens is 382 g/mol. The number of fused-ring (bicyclic) bond motifs is 1. The summed E-state index contributed by atoms with van der Waals surface area (Å²) in [5, 5.41) is 3.83. The molecule has 3 rings (SSSR count). The van der Waals surface area contributed by atoms with Gasteiger partial charge in [-0.2, -0.15) is 0 Å². The highest BCUT2D eigenvalue weighted by atomic mass is 35.5. The lowest BCUT2D eigenvalue weighted by molar-refractivity contribution is 0.573. The van der Waals surface area contributed by atoms with E-state index in [0.717, 1.165) is 5.56 Å². The van der Waals surface area contributed by atoms with Gasteiger partial charge in [0.2, 0.25) is 10.0 Å². The van der Waals surface area contributed by atoms with Gasteiger partial charge in [-0.25, -0.2) is 22.3 Å². The van der Waals surface area contributed by atoms with E-state index in [2.05, 4.69) is 15.0 Å². The molecule has 0 saturated heterocycles. The minimum Gasteiger partial charge on any atom is -0.311 e. The first-order chi connectivity index (χ1) is 12.0. The van der Waals surface area contributed by atoms with Crippen LogP contribution >= 0.6 is 11.6 Å². The van der Waals surface area contributed by atoms with E-state index < -0.39 is 20.8 Å². The fourth-order valence-electron chi connectivity index (χ4n) is 2.36. The molecule has 1 aliphatic rings. The summed E-state index contributed by atoms with van der Waals surface area (Å²) >= 11 is 5.83. The second-order valence-electron chi connectivity index (χ2n) is 5.34. The Labute approximate surface area is 153 Å². The Kier molecular flexibility index (Phi) is 5.65. The first-order valence-corrected chi connectivity index (χ1v) is 10.6. The smallest absolute Gasteiger partial charge is 0.241 e. The molecule has 0 fully saturated rings. The molecule has 1 heterocycles. The van der Waals surface area contributed by atoms with E-state index in [9.17, 15) is 12.6 Å². The summed E-state index contributed by atoms with van der Waals surface area (Å²) in [6.07, 6.45) is 0. The van der Waals surface area contributed by atoms with Gasteiger partial charge in [0.1, 0.15) is 4.90 Å². The highest BCUT2D eigenvalue weighted by Crippen LogP contribution is 2.32. The van der Waals surface area contributed by atoms with Gasteiger partial charge >= 0.3 is 0 Å². The number of aliphatic imine (C=N–C) groups is 1. The average Bonchev–Trinajstić information content (AvgIpc) is 2.97. The largest absolute Gasteiger partial charge is 0.311 e. The molecule has 2 aromatic carbocycles. The van der Waals surface area contributed by atoms with Crippen molar-refractivity contribution < 1.29 is 12.6 Å². The zero-order chi connectivity index (χ0) is 17.9. The number of nitrogens with one attached hydrogen (secondary N) is 2. The lowest BCUT2D eigenvalue weighted by atomic mass is 10.2. The second-order valence-corrected chi connectivity index (χ2v) is 8.72. The first kappa shape index (κ1) is 18.2. The van der Waals surface area contributed by atoms with Crippen LogP contribution in [-0.2, 0) is 27.4 Å². The minimum atomic E-state index is -3.75. The third-order valence-corrected chi connectivity index (χ3v) is 6.59. The maximum Gasteiger partial charge on any atom is 0.241 e. The molecule has 0 aliphatic carbocycles. The Balaban J connectivity index is 1.56. The average molecular weight is 398 g/mol. The van der Waals surface area contributed by atoms with E-state index >= 15 is 0 Å². The van der Waals surface area contributed by atoms with Crippen molar-refractivity contribution in [2.75, 3.05) is 13.1 Å². The van der Waals surface area contributed by atoms with Gasteiger partial charge in [-0.3, -0.25) is 0 Å². The third kappa shape index (κ3) is 4.34. The van der Waals surface area contributed by atoms with Crippen molar-refractivity contribution >= 4 is 43.7 Å². The highest BCUT2D eigenvalue weighted by molar-refractivity contribution is 7.99. The standard InChI is InChI=1S/C16H16ClN3O3S2/c17-13-6-4-12(5-7-13)10-18-8-9-20-25(22,23)15-3-1-2-14-16(15)24(21)11-19-14/h1-7,11,18,20H,8-10H2. The van der Waals surface area contributed by atoms with Crippen LogP contribution < -0.4 is 10.0 Å². The predicted octanol–water partition coefficient (Wildman–Crippen LogP) is 2.19. The molecule has 1 aliphatic heterocycles. The minimum absolute atomic E-state index is 0.0125. The highest BCUT2D eigenvalue weighted by Gasteiger charge is 2.26. The number of rotatable bonds is 7. The normalized spacial score (nSPS) is 16.1. The van der Waals surface area contributed by atoms with Crippen molar-refractivity contribution in [2.45, 2.75) is 16.3 Å². The summed E-state index contributed by atoms with van der Waals surface area (Å²) in [5.41, 5.74) is 2.74. The third-order valence-electron chi connectivity index (χ3n) is 3.57. The van der Waals surface area contributed by atoms with Crippen LogP contribution in [0.2, 0.25) is 5.02 Å². The monoisotopic (exact) mass is 397 g/mol. The zero-order valence-electron chi connectivity index (χ0n) is 13.1. The summed E-state index contributed by atoms with van der Waals surface area (Å²) in [5.74, 6) is 0. The molecular formula is C16H16ClN3O3S2. The van der Waals surface area contributed by atoms with Crippen molar-refractivity contribution in [3.05, 3.63) is 53.1 Å². The Morgan fingerprint density at radius 1 is 1.08 bits per heavy atom. The Morgan fingerprint density at radius 2 is 1.84 bits per heavy atom. The van der Waals surface area contributed by atoms with Crippen LogP contribution in [0.1, 0.15) is 5.56 Å². The molecule has 0 aromatic heterocycles. The number of benzene rings is 2. The zero-order valence-corrected chi connectivity index (χ0v) is 15.5. The van der Waals surface area contributed by atoms with Gasteiger partial charge in [0.15, 0.2) is 0 Å². The number of hydrogen-bond acceptors (Lipinski definition) is 5. The van der Waals surface area contributed by atoms with Gasteiger partial charge in [-0.05, 0) is 29.8 Å². The van der Waals surface area contributed by atoms with Crippen molar-refractivity contribution in [1.82, 2.24) is 10.0 Å². The van der Waals surface area contributed by atoms with E-state index in [-0.39, 0.29) is 16.3 Å². The Bertz CT molecular complexity index is 928. The Morgan fingerprint density at radius 3 is 2.60 bits per heavy atom. The van der Waals surface area contributed by atoms with Crippen LogP contribution in [0, 0.1) is 0 Å². The van der Waals surface area contributed by atoms with Gasteiger partial charge < -0.3 is 5.32 Å². The summed E-state index contributed by atoms with van der Waals surface area (Å²) in [7, 11) is -5.28. The quantitative estimate of drug-likeness (QED) is 0.701. The summed E-state index contributed by atoms with van der Waals surface area (Å²) in [4.78, 5) is 4.22. The van der Waals surface area contributed by atoms with E-state index in [4.69, 9.17) is 11.6 Å². The van der Waals surface area contributed by atoms with Gasteiger partial charge in [0, 0.05) is 24.7 Å². The molecule has 0 radical (unpaired) electrons. The molecule has 0 saturated carbocycles. The van der Waals surface area contributed by atoms with Gasteiger partial charge in [0.25, 0.3) is 0 Å². The molecule has 9 heteroatoms. The molecule has 1 atom stereocenters. The Hall–Kier alpha value is -1.58. The van der Waals surface area contributed by atoms with Crippen LogP contribution in [0.15, 0.2) is 57.2 Å². The lowest BCUT2D eigenvalue weighted by Gasteiger charge is -2.10. The molecule has 25 heavy (non-hydrogen) atoms. The molecule has 0 bridgehead atoms. The summed E-state index contributed by atoms with van der Waals surface area (Å²) < 4.78 is 39.4. The molecule has 132 valence electrons. The van der Waals surface area contributed by atoms with Gasteiger partial charge in [-0.15, -0.1) is 0 Å². The second kappa shape index (κ2) is 7.76. The topological polar surface area (TPSA) is 87.6 Å². The lowest BCUT2D eigenvalue weighted by Crippen LogP contribution is -2.32. The van der Waals surface area contributed by atoms with E-state index in [0.29, 0.717) is 23.8 Å². The maximum absolute atomic E-state index is 12.5. The summed E-state index contributed by atoms with van der Waals surface area (Å²) in [6, 6.07) is 12.1. The molecule has 1 unspecified atom stereocenters. The summed E-state index contributed by atoms with van der Waals surface area (Å²) in [6.45, 7) is 1.28. The van der Waals surface area contributed by atoms with E-state index in [1.54, 1.807) is 24.3 Å². The number of halogens is 1.